The number of para-hydroxylation sites is 2. The number of anilines is 2. The van der Waals surface area contributed by atoms with Crippen LogP contribution in [0.25, 0.3) is 11.3 Å². The maximum Gasteiger partial charge on any atom is 0.242 e. The summed E-state index contributed by atoms with van der Waals surface area (Å²) in [6.07, 6.45) is 0. The highest BCUT2D eigenvalue weighted by molar-refractivity contribution is 8.01. The molecule has 0 spiro atoms. The third kappa shape index (κ3) is 3.78. The second kappa shape index (κ2) is 8.30. The number of rotatable bonds is 4. The van der Waals surface area contributed by atoms with Gasteiger partial charge in [-0.15, -0.1) is 11.3 Å². The normalized spacial score (nSPS) is 12.4. The predicted octanol–water partition coefficient (Wildman–Crippen LogP) is 7.04. The van der Waals surface area contributed by atoms with Gasteiger partial charge in [-0.1, -0.05) is 77.6 Å². The Kier molecular flexibility index (Phi) is 5.37. The predicted molar refractivity (Wildman–Crippen MR) is 127 cm³/mol. The number of hydrogen-bond acceptors (Lipinski definition) is 5. The smallest absolute Gasteiger partial charge is 0.242 e. The van der Waals surface area contributed by atoms with Gasteiger partial charge in [-0.25, -0.2) is 4.98 Å². The number of aryl methyl sites for hydroxylation is 1. The minimum atomic E-state index is 0.0623. The highest BCUT2D eigenvalue weighted by atomic mass is 32.2. The van der Waals surface area contributed by atoms with E-state index in [1.807, 2.05) is 41.3 Å². The largest absolute Gasteiger partial charge is 0.278 e. The molecule has 0 unspecified atom stereocenters. The van der Waals surface area contributed by atoms with Crippen LogP contribution in [0.4, 0.5) is 11.4 Å². The van der Waals surface area contributed by atoms with Crippen molar-refractivity contribution in [3.63, 3.8) is 0 Å². The molecule has 4 aromatic rings. The summed E-state index contributed by atoms with van der Waals surface area (Å²) < 4.78 is 0.909. The zero-order valence-corrected chi connectivity index (χ0v) is 18.7. The van der Waals surface area contributed by atoms with Gasteiger partial charge in [-0.2, -0.15) is 0 Å². The molecule has 1 aliphatic rings. The molecule has 6 heteroatoms. The summed E-state index contributed by atoms with van der Waals surface area (Å²) in [6, 6.07) is 24.5. The fraction of sp³-hybridized carbons (Fsp3) is 0.0833. The molecule has 30 heavy (non-hydrogen) atoms. The number of thiazole rings is 1. The number of benzene rings is 3. The van der Waals surface area contributed by atoms with Gasteiger partial charge in [-0.3, -0.25) is 9.69 Å². The third-order valence-corrected chi connectivity index (χ3v) is 7.97. The van der Waals surface area contributed by atoms with Crippen LogP contribution in [0.2, 0.25) is 0 Å². The number of fused-ring (bicyclic) bond motifs is 2. The van der Waals surface area contributed by atoms with Crippen LogP contribution in [0.5, 0.6) is 0 Å². The molecule has 0 bridgehead atoms. The number of carbonyl (C=O) groups is 1. The van der Waals surface area contributed by atoms with Crippen LogP contribution < -0.4 is 4.90 Å². The molecular formula is C24H18N2OS3. The van der Waals surface area contributed by atoms with Crippen molar-refractivity contribution in [2.45, 2.75) is 21.1 Å². The van der Waals surface area contributed by atoms with Crippen molar-refractivity contribution < 1.29 is 4.79 Å². The van der Waals surface area contributed by atoms with Gasteiger partial charge in [0.15, 0.2) is 4.34 Å². The first-order chi connectivity index (χ1) is 14.7. The maximum absolute atomic E-state index is 13.3. The average molecular weight is 447 g/mol. The summed E-state index contributed by atoms with van der Waals surface area (Å²) in [5.41, 5.74) is 5.19. The van der Waals surface area contributed by atoms with Crippen molar-refractivity contribution in [2.75, 3.05) is 10.7 Å². The van der Waals surface area contributed by atoms with E-state index in [-0.39, 0.29) is 5.91 Å². The lowest BCUT2D eigenvalue weighted by Crippen LogP contribution is -2.29. The van der Waals surface area contributed by atoms with E-state index in [1.165, 1.54) is 17.3 Å². The van der Waals surface area contributed by atoms with E-state index in [0.29, 0.717) is 5.75 Å². The van der Waals surface area contributed by atoms with E-state index in [1.54, 1.807) is 23.1 Å². The number of aromatic nitrogens is 1. The minimum Gasteiger partial charge on any atom is -0.278 e. The second-order valence-electron chi connectivity index (χ2n) is 6.92. The molecule has 3 nitrogen and oxygen atoms in total. The Bertz CT molecular complexity index is 1170. The lowest BCUT2D eigenvalue weighted by molar-refractivity contribution is -0.115. The van der Waals surface area contributed by atoms with Crippen molar-refractivity contribution in [1.82, 2.24) is 4.98 Å². The molecule has 0 atom stereocenters. The summed E-state index contributed by atoms with van der Waals surface area (Å²) in [5.74, 6) is 0.404. The quantitative estimate of drug-likeness (QED) is 0.315. The molecule has 3 aromatic carbocycles. The summed E-state index contributed by atoms with van der Waals surface area (Å²) in [5, 5.41) is 2.06. The van der Waals surface area contributed by atoms with Crippen LogP contribution in [0.3, 0.4) is 0 Å². The van der Waals surface area contributed by atoms with E-state index in [4.69, 9.17) is 4.98 Å². The highest BCUT2D eigenvalue weighted by Crippen LogP contribution is 2.48. The van der Waals surface area contributed by atoms with Gasteiger partial charge in [0.05, 0.1) is 22.8 Å². The molecular weight excluding hydrogens is 428 g/mol. The summed E-state index contributed by atoms with van der Waals surface area (Å²) >= 11 is 4.79. The number of amides is 1. The van der Waals surface area contributed by atoms with Crippen molar-refractivity contribution >= 4 is 52.1 Å². The Balaban J connectivity index is 1.36. The molecule has 0 aliphatic carbocycles. The van der Waals surface area contributed by atoms with Crippen LogP contribution in [0.15, 0.2) is 92.3 Å². The summed E-state index contributed by atoms with van der Waals surface area (Å²) in [4.78, 5) is 22.1. The SMILES string of the molecule is Cc1ccc(-c2csc(SCC(=O)N3c4ccccc4Sc4ccccc43)n2)cc1. The molecule has 0 fully saturated rings. The van der Waals surface area contributed by atoms with Crippen LogP contribution in [0.1, 0.15) is 5.56 Å². The second-order valence-corrected chi connectivity index (χ2v) is 10.1. The highest BCUT2D eigenvalue weighted by Gasteiger charge is 2.27. The Morgan fingerprint density at radius 2 is 1.57 bits per heavy atom. The third-order valence-electron chi connectivity index (χ3n) is 4.83. The van der Waals surface area contributed by atoms with Crippen LogP contribution in [0, 0.1) is 6.92 Å². The van der Waals surface area contributed by atoms with Gasteiger partial charge < -0.3 is 0 Å². The zero-order chi connectivity index (χ0) is 20.5. The van der Waals surface area contributed by atoms with E-state index in [2.05, 4.69) is 48.7 Å². The summed E-state index contributed by atoms with van der Waals surface area (Å²) in [6.45, 7) is 2.08. The Hall–Kier alpha value is -2.54. The number of thioether (sulfide) groups is 1. The van der Waals surface area contributed by atoms with E-state index >= 15 is 0 Å². The number of hydrogen-bond donors (Lipinski definition) is 0. The first kappa shape index (κ1) is 19.4. The summed E-state index contributed by atoms with van der Waals surface area (Å²) in [7, 11) is 0. The van der Waals surface area contributed by atoms with Gasteiger partial charge in [0.2, 0.25) is 5.91 Å². The van der Waals surface area contributed by atoms with Gasteiger partial charge in [-0.05, 0) is 31.2 Å². The molecule has 0 N–H and O–H groups in total. The number of carbonyl (C=O) groups excluding carboxylic acids is 1. The molecule has 5 rings (SSSR count). The standard InChI is InChI=1S/C24H18N2OS3/c1-16-10-12-17(13-11-16)18-14-28-24(25-18)29-15-23(27)26-19-6-2-4-8-21(19)30-22-9-5-3-7-20(22)26/h2-14H,15H2,1H3. The Morgan fingerprint density at radius 1 is 0.933 bits per heavy atom. The van der Waals surface area contributed by atoms with Gasteiger partial charge >= 0.3 is 0 Å². The molecule has 1 aliphatic heterocycles. The van der Waals surface area contributed by atoms with Crippen LogP contribution >= 0.6 is 34.9 Å². The van der Waals surface area contributed by atoms with Gasteiger partial charge in [0, 0.05) is 20.7 Å². The zero-order valence-electron chi connectivity index (χ0n) is 16.2. The molecule has 1 amide bonds. The maximum atomic E-state index is 13.3. The minimum absolute atomic E-state index is 0.0623. The first-order valence-corrected chi connectivity index (χ1v) is 12.2. The molecule has 0 radical (unpaired) electrons. The molecule has 0 saturated carbocycles. The molecule has 2 heterocycles. The van der Waals surface area contributed by atoms with Crippen molar-refractivity contribution in [3.05, 3.63) is 83.7 Å². The molecule has 1 aromatic heterocycles. The van der Waals surface area contributed by atoms with Crippen molar-refractivity contribution in [3.8, 4) is 11.3 Å². The Labute approximate surface area is 188 Å². The van der Waals surface area contributed by atoms with Crippen molar-refractivity contribution in [1.29, 1.82) is 0 Å². The van der Waals surface area contributed by atoms with E-state index in [9.17, 15) is 4.79 Å². The Morgan fingerprint density at radius 3 is 2.23 bits per heavy atom. The van der Waals surface area contributed by atoms with Crippen LogP contribution in [-0.2, 0) is 4.79 Å². The lowest BCUT2D eigenvalue weighted by Gasteiger charge is -2.30. The van der Waals surface area contributed by atoms with Gasteiger partial charge in [0.25, 0.3) is 0 Å². The average Bonchev–Trinajstić information content (AvgIpc) is 3.25. The van der Waals surface area contributed by atoms with Gasteiger partial charge in [0.1, 0.15) is 0 Å². The van der Waals surface area contributed by atoms with Crippen molar-refractivity contribution in [2.24, 2.45) is 0 Å². The monoisotopic (exact) mass is 446 g/mol. The van der Waals surface area contributed by atoms with E-state index < -0.39 is 0 Å². The van der Waals surface area contributed by atoms with Crippen LogP contribution in [-0.4, -0.2) is 16.6 Å². The first-order valence-electron chi connectivity index (χ1n) is 9.53. The fourth-order valence-corrected chi connectivity index (χ4v) is 6.08. The topological polar surface area (TPSA) is 33.2 Å². The van der Waals surface area contributed by atoms with E-state index in [0.717, 1.165) is 36.8 Å². The fourth-order valence-electron chi connectivity index (χ4n) is 3.34. The molecule has 148 valence electrons. The molecule has 0 saturated heterocycles. The lowest BCUT2D eigenvalue weighted by atomic mass is 10.1. The number of nitrogens with zero attached hydrogens (tertiary/aromatic N) is 2.